The van der Waals surface area contributed by atoms with Crippen molar-refractivity contribution >= 4 is 44.5 Å². The van der Waals surface area contributed by atoms with E-state index in [-0.39, 0.29) is 11.6 Å². The predicted octanol–water partition coefficient (Wildman–Crippen LogP) is 9.90. The summed E-state index contributed by atoms with van der Waals surface area (Å²) in [5, 5.41) is 14.5. The number of piperazine rings is 1. The van der Waals surface area contributed by atoms with Gasteiger partial charge in [-0.2, -0.15) is 10.2 Å². The number of aromatic nitrogens is 8. The maximum Gasteiger partial charge on any atom is 0.162 e. The van der Waals surface area contributed by atoms with E-state index in [1.54, 1.807) is 46.0 Å². The van der Waals surface area contributed by atoms with Crippen LogP contribution in [0, 0.1) is 11.6 Å². The van der Waals surface area contributed by atoms with Crippen molar-refractivity contribution in [2.75, 3.05) is 49.1 Å². The van der Waals surface area contributed by atoms with E-state index >= 15 is 0 Å². The van der Waals surface area contributed by atoms with Gasteiger partial charge in [0.15, 0.2) is 11.3 Å². The van der Waals surface area contributed by atoms with E-state index in [4.69, 9.17) is 0 Å². The number of pyridine rings is 2. The van der Waals surface area contributed by atoms with Crippen LogP contribution in [0.1, 0.15) is 19.3 Å². The van der Waals surface area contributed by atoms with Crippen LogP contribution >= 0.6 is 0 Å². The molecule has 0 unspecified atom stereocenters. The zero-order chi connectivity index (χ0) is 43.0. The molecule has 2 fully saturated rings. The molecule has 10 aromatic rings. The second-order valence-corrected chi connectivity index (χ2v) is 16.2. The molecule has 12 rings (SSSR count). The van der Waals surface area contributed by atoms with Crippen LogP contribution in [0.3, 0.4) is 0 Å². The van der Waals surface area contributed by atoms with E-state index < -0.39 is 0 Å². The fourth-order valence-corrected chi connectivity index (χ4v) is 9.03. The maximum atomic E-state index is 14.9. The first kappa shape index (κ1) is 39.2. The number of nitrogens with zero attached hydrogens (tertiary/aromatic N) is 10. The molecule has 0 saturated carbocycles. The SMILES string of the molecule is Fc1cc(-c2cnc3c(-c4cccc5ncccc45)cnn3c2)ccc1N1CCCCC1.Fc1cc(-c2cnc3c(-c4cccc5ncccc45)cnn3c2)ccc1N1CCNCC1. The van der Waals surface area contributed by atoms with E-state index in [2.05, 4.69) is 69.5 Å². The van der Waals surface area contributed by atoms with Gasteiger partial charge in [0, 0.05) is 109 Å². The summed E-state index contributed by atoms with van der Waals surface area (Å²) in [6, 6.07) is 30.9. The quantitative estimate of drug-likeness (QED) is 0.175. The molecule has 8 heterocycles. The number of nitrogens with one attached hydrogen (secondary N) is 1. The molecule has 1 N–H and O–H groups in total. The summed E-state index contributed by atoms with van der Waals surface area (Å²) in [6.45, 7) is 5.20. The molecule has 2 aliphatic heterocycles. The summed E-state index contributed by atoms with van der Waals surface area (Å²) in [5.74, 6) is -0.400. The third-order valence-corrected chi connectivity index (χ3v) is 12.3. The van der Waals surface area contributed by atoms with Gasteiger partial charge in [-0.15, -0.1) is 0 Å². The highest BCUT2D eigenvalue weighted by atomic mass is 19.1. The molecule has 13 heteroatoms. The monoisotopic (exact) mass is 847 g/mol. The van der Waals surface area contributed by atoms with Crippen LogP contribution in [0.4, 0.5) is 20.2 Å². The summed E-state index contributed by atoms with van der Waals surface area (Å²) < 4.78 is 33.3. The molecule has 64 heavy (non-hydrogen) atoms. The highest BCUT2D eigenvalue weighted by molar-refractivity contribution is 5.99. The first-order valence-electron chi connectivity index (χ1n) is 21.7. The second-order valence-electron chi connectivity index (χ2n) is 16.2. The average Bonchev–Trinajstić information content (AvgIpc) is 3.98. The number of hydrogen-bond donors (Lipinski definition) is 1. The van der Waals surface area contributed by atoms with Crippen LogP contribution in [0.2, 0.25) is 0 Å². The second kappa shape index (κ2) is 16.9. The molecule has 0 aliphatic carbocycles. The lowest BCUT2D eigenvalue weighted by molar-refractivity contribution is 0.557. The zero-order valence-corrected chi connectivity index (χ0v) is 34.9. The van der Waals surface area contributed by atoms with Gasteiger partial charge in [0.25, 0.3) is 0 Å². The van der Waals surface area contributed by atoms with Gasteiger partial charge in [-0.25, -0.2) is 27.8 Å². The Labute approximate surface area is 367 Å². The molecule has 0 amide bonds. The van der Waals surface area contributed by atoms with Gasteiger partial charge < -0.3 is 15.1 Å². The summed E-state index contributed by atoms with van der Waals surface area (Å²) in [4.78, 5) is 22.5. The molecule has 6 aromatic heterocycles. The van der Waals surface area contributed by atoms with E-state index in [1.165, 1.54) is 6.42 Å². The fraction of sp³-hybridized carbons (Fsp3) is 0.176. The molecular weight excluding hydrogens is 805 g/mol. The first-order chi connectivity index (χ1) is 31.6. The molecule has 2 aliphatic rings. The zero-order valence-electron chi connectivity index (χ0n) is 34.9. The Hall–Kier alpha value is -7.64. The Morgan fingerprint density at radius 1 is 0.453 bits per heavy atom. The minimum Gasteiger partial charge on any atom is -0.369 e. The van der Waals surface area contributed by atoms with Crippen LogP contribution in [0.5, 0.6) is 0 Å². The van der Waals surface area contributed by atoms with Gasteiger partial charge in [-0.3, -0.25) is 9.97 Å². The van der Waals surface area contributed by atoms with Crippen molar-refractivity contribution in [3.8, 4) is 44.5 Å². The molecule has 0 radical (unpaired) electrons. The van der Waals surface area contributed by atoms with Crippen LogP contribution in [0.25, 0.3) is 77.6 Å². The number of anilines is 2. The molecule has 11 nitrogen and oxygen atoms in total. The van der Waals surface area contributed by atoms with Gasteiger partial charge in [0.05, 0.1) is 34.8 Å². The van der Waals surface area contributed by atoms with Crippen LogP contribution in [-0.4, -0.2) is 78.4 Å². The Morgan fingerprint density at radius 3 is 1.45 bits per heavy atom. The molecule has 4 aromatic carbocycles. The smallest absolute Gasteiger partial charge is 0.162 e. The van der Waals surface area contributed by atoms with Crippen molar-refractivity contribution in [3.63, 3.8) is 0 Å². The number of hydrogen-bond acceptors (Lipinski definition) is 9. The summed E-state index contributed by atoms with van der Waals surface area (Å²) in [7, 11) is 0. The Bertz CT molecular complexity index is 3080. The summed E-state index contributed by atoms with van der Waals surface area (Å²) >= 11 is 0. The topological polar surface area (TPSA) is 105 Å². The third kappa shape index (κ3) is 7.43. The lowest BCUT2D eigenvalue weighted by atomic mass is 10.0. The first-order valence-corrected chi connectivity index (χ1v) is 21.7. The van der Waals surface area contributed by atoms with Crippen molar-refractivity contribution in [1.29, 1.82) is 0 Å². The normalized spacial score (nSPS) is 14.3. The van der Waals surface area contributed by atoms with Gasteiger partial charge >= 0.3 is 0 Å². The lowest BCUT2D eigenvalue weighted by Crippen LogP contribution is -2.43. The minimum atomic E-state index is -0.214. The van der Waals surface area contributed by atoms with Gasteiger partial charge in [-0.1, -0.05) is 48.5 Å². The number of fused-ring (bicyclic) bond motifs is 4. The largest absolute Gasteiger partial charge is 0.369 e. The molecule has 0 atom stereocenters. The highest BCUT2D eigenvalue weighted by Gasteiger charge is 2.19. The molecule has 0 bridgehead atoms. The minimum absolute atomic E-state index is 0.186. The maximum absolute atomic E-state index is 14.9. The molecule has 2 saturated heterocycles. The van der Waals surface area contributed by atoms with E-state index in [0.717, 1.165) is 130 Å². The number of halogens is 2. The lowest BCUT2D eigenvalue weighted by Gasteiger charge is -2.29. The van der Waals surface area contributed by atoms with Crippen LogP contribution in [-0.2, 0) is 0 Å². The van der Waals surface area contributed by atoms with Crippen molar-refractivity contribution < 1.29 is 8.78 Å². The summed E-state index contributed by atoms with van der Waals surface area (Å²) in [6.07, 6.45) is 18.1. The van der Waals surface area contributed by atoms with Crippen LogP contribution < -0.4 is 15.1 Å². The Kier molecular flexibility index (Phi) is 10.4. The number of rotatable bonds is 6. The fourth-order valence-electron chi connectivity index (χ4n) is 9.03. The Balaban J connectivity index is 0.000000143. The molecule has 316 valence electrons. The average molecular weight is 848 g/mol. The number of piperidine rings is 1. The van der Waals surface area contributed by atoms with E-state index in [9.17, 15) is 8.78 Å². The van der Waals surface area contributed by atoms with E-state index in [1.807, 2.05) is 85.5 Å². The van der Waals surface area contributed by atoms with Crippen molar-refractivity contribution in [2.24, 2.45) is 0 Å². The van der Waals surface area contributed by atoms with Gasteiger partial charge in [0.2, 0.25) is 0 Å². The van der Waals surface area contributed by atoms with Gasteiger partial charge in [-0.05, 0) is 90.0 Å². The molecule has 0 spiro atoms. The van der Waals surface area contributed by atoms with Crippen molar-refractivity contribution in [1.82, 2.24) is 44.5 Å². The number of benzene rings is 4. The summed E-state index contributed by atoms with van der Waals surface area (Å²) in [5.41, 5.74) is 11.9. The third-order valence-electron chi connectivity index (χ3n) is 12.3. The Morgan fingerprint density at radius 2 is 0.953 bits per heavy atom. The van der Waals surface area contributed by atoms with E-state index in [0.29, 0.717) is 11.4 Å². The van der Waals surface area contributed by atoms with Crippen molar-refractivity contribution in [2.45, 2.75) is 19.3 Å². The van der Waals surface area contributed by atoms with Crippen LogP contribution in [0.15, 0.2) is 147 Å². The highest BCUT2D eigenvalue weighted by Crippen LogP contribution is 2.34. The predicted molar refractivity (Wildman–Crippen MR) is 249 cm³/mol. The standard InChI is InChI=1S/C26H22FN5.C25H21FN6/c27-23-14-18(9-10-25(23)31-12-2-1-3-13-31)19-15-29-26-22(16-30-32(26)17-19)20-6-4-8-24-21(20)7-5-11-28-24;26-22-13-17(6-7-24(22)31-11-9-27-10-12-31)18-14-29-25-21(15-30-32(25)16-18)19-3-1-5-23-20(19)4-2-8-28-23/h4-11,14-17H,1-3,12-13H2;1-8,13-16,27H,9-12H2. The van der Waals surface area contributed by atoms with Gasteiger partial charge in [0.1, 0.15) is 11.6 Å². The molecular formula is C51H43F2N11. The van der Waals surface area contributed by atoms with Crippen molar-refractivity contribution in [3.05, 3.63) is 158 Å².